The van der Waals surface area contributed by atoms with Crippen molar-refractivity contribution in [2.45, 2.75) is 159 Å². The van der Waals surface area contributed by atoms with E-state index < -0.39 is 121 Å². The van der Waals surface area contributed by atoms with Crippen molar-refractivity contribution in [3.8, 4) is 0 Å². The summed E-state index contributed by atoms with van der Waals surface area (Å²) in [6.45, 7) is 3.63. The van der Waals surface area contributed by atoms with Gasteiger partial charge in [-0.2, -0.15) is 0 Å². The van der Waals surface area contributed by atoms with Crippen molar-refractivity contribution in [3.05, 3.63) is 369 Å². The molecule has 10 aromatic carbocycles. The number of esters is 1. The number of ether oxygens (including phenoxy) is 16. The number of phosphoric ester groups is 1. The molecule has 0 bridgehead atoms. The third-order valence-corrected chi connectivity index (χ3v) is 21.3. The van der Waals surface area contributed by atoms with Gasteiger partial charge in [0, 0.05) is 18.4 Å². The summed E-state index contributed by atoms with van der Waals surface area (Å²) in [4.78, 5) is 26.0. The zero-order valence-electron chi connectivity index (χ0n) is 70.0. The maximum atomic E-state index is 13.2. The van der Waals surface area contributed by atoms with Crippen LogP contribution >= 0.6 is 15.9 Å². The van der Waals surface area contributed by atoms with Crippen LogP contribution in [0.4, 0.5) is 0 Å². The molecular formula is C96H110N3O24P2+. The van der Waals surface area contributed by atoms with E-state index in [1.165, 1.54) is 13.6 Å². The van der Waals surface area contributed by atoms with Gasteiger partial charge in [0.2, 0.25) is 0 Å². The molecule has 0 aliphatic carbocycles. The molecule has 662 valence electrons. The SMILES string of the molecule is CC(=O)O[C@@H]1C(OCc2ccccc2)[C@H](OCC(OCc2ccccc2)C(OCc2ccccc2)C(CO[P+](C)=O)OCc2ccccc2)O[C@@H]1COCc1ccccc1.[N-]=[N+]=NCCOCOP(=O)(O)OCC(OCc1ccccc1)C(OCc1ccccc1)C(CO[C@@H]1O[C@H](COCc2ccccc2)[C@H](O)C1OCc1ccccc1)OCc1ccccc1. The van der Waals surface area contributed by atoms with Gasteiger partial charge >= 0.3 is 21.8 Å². The quantitative estimate of drug-likeness (QED) is 0.00680. The molecule has 27 nitrogen and oxygen atoms in total. The lowest BCUT2D eigenvalue weighted by Crippen LogP contribution is -2.48. The van der Waals surface area contributed by atoms with Crippen molar-refractivity contribution >= 4 is 21.8 Å². The Morgan fingerprint density at radius 2 is 0.720 bits per heavy atom. The number of benzene rings is 10. The molecule has 2 aliphatic heterocycles. The van der Waals surface area contributed by atoms with Crippen LogP contribution in [0.1, 0.15) is 62.6 Å². The Hall–Kier alpha value is -9.49. The number of aliphatic hydroxyl groups is 1. The average molecular weight is 1750 g/mol. The third kappa shape index (κ3) is 34.7. The van der Waals surface area contributed by atoms with E-state index in [0.29, 0.717) is 13.2 Å². The van der Waals surface area contributed by atoms with Gasteiger partial charge in [-0.25, -0.2) is 4.57 Å². The lowest BCUT2D eigenvalue weighted by Gasteiger charge is -2.34. The molecule has 0 aromatic heterocycles. The second-order valence-electron chi connectivity index (χ2n) is 29.3. The van der Waals surface area contributed by atoms with E-state index in [1.807, 2.05) is 303 Å². The standard InChI is InChI=1S/C48H56N3O13P.C48H54O11P/c49-51-50-26-27-55-36-63-65(53,54)62-35-44(58-30-39-20-10-3-11-21-39)46(59-31-40-22-12-4-13-23-40)43(57-29-38-18-8-2-9-19-38)34-61-48-47(60-32-41-24-14-5-15-25-41)45(52)42(64-48)33-56-28-37-16-6-1-7-17-37;1-36(49)58-46-44(33-51-28-37-18-8-3-9-19-37)59-48(47(46)55-32-41-26-16-7-17-27-41)56-34-42(52-29-38-20-10-4-11-21-38)45(54-31-40-24-14-6-15-25-40)43(35-57-60(2)50)53-30-39-22-12-5-13-23-39/h1-25,42-48,52H,26-36H2,(H,53,54);3-27,42-48H,28-35H2,1-2H3/q;+1/t42-,43?,44?,45+,46?,47?,48-;42?,43?,44-,45?,46+,47?,48-/m11/s1. The van der Waals surface area contributed by atoms with Crippen LogP contribution in [0.25, 0.3) is 10.4 Å². The summed E-state index contributed by atoms with van der Waals surface area (Å²) in [7, 11) is -6.71. The van der Waals surface area contributed by atoms with Gasteiger partial charge in [0.25, 0.3) is 0 Å². The van der Waals surface area contributed by atoms with Crippen LogP contribution in [0.5, 0.6) is 0 Å². The highest BCUT2D eigenvalue weighted by atomic mass is 31.2. The van der Waals surface area contributed by atoms with Crippen LogP contribution in [-0.2, 0) is 169 Å². The highest BCUT2D eigenvalue weighted by Gasteiger charge is 2.50. The fourth-order valence-corrected chi connectivity index (χ4v) is 14.4. The molecule has 0 saturated carbocycles. The van der Waals surface area contributed by atoms with Gasteiger partial charge in [-0.3, -0.25) is 13.8 Å². The van der Waals surface area contributed by atoms with Crippen molar-refractivity contribution in [1.29, 1.82) is 0 Å². The van der Waals surface area contributed by atoms with Crippen LogP contribution in [0.15, 0.2) is 308 Å². The topological polar surface area (TPSA) is 316 Å². The minimum absolute atomic E-state index is 0.00612. The van der Waals surface area contributed by atoms with E-state index in [-0.39, 0.29) is 99.0 Å². The third-order valence-electron chi connectivity index (χ3n) is 19.9. The molecule has 0 spiro atoms. The van der Waals surface area contributed by atoms with Gasteiger partial charge in [-0.05, 0) is 65.7 Å². The summed E-state index contributed by atoms with van der Waals surface area (Å²) < 4.78 is 144. The summed E-state index contributed by atoms with van der Waals surface area (Å²) in [5.41, 5.74) is 17.6. The normalized spacial score (nSPS) is 19.4. The second-order valence-corrected chi connectivity index (χ2v) is 31.9. The molecule has 0 amide bonds. The second kappa shape index (κ2) is 54.5. The number of carbonyl (C=O) groups is 1. The first-order valence-corrected chi connectivity index (χ1v) is 44.5. The van der Waals surface area contributed by atoms with Crippen LogP contribution in [0.2, 0.25) is 0 Å². The Morgan fingerprint density at radius 3 is 1.08 bits per heavy atom. The van der Waals surface area contributed by atoms with Crippen LogP contribution in [0, 0.1) is 0 Å². The van der Waals surface area contributed by atoms with Gasteiger partial charge in [-0.1, -0.05) is 308 Å². The number of aliphatic hydroxyl groups excluding tert-OH is 1. The summed E-state index contributed by atoms with van der Waals surface area (Å²) >= 11 is 0. The van der Waals surface area contributed by atoms with E-state index in [2.05, 4.69) is 10.0 Å². The lowest BCUT2D eigenvalue weighted by molar-refractivity contribution is -0.222. The molecule has 10 unspecified atom stereocenters. The minimum Gasteiger partial charge on any atom is -0.457 e. The first kappa shape index (κ1) is 96.2. The highest BCUT2D eigenvalue weighted by Crippen LogP contribution is 2.44. The largest absolute Gasteiger partial charge is 0.504 e. The summed E-state index contributed by atoms with van der Waals surface area (Å²) in [5.74, 6) is -0.489. The van der Waals surface area contributed by atoms with Gasteiger partial charge in [0.1, 0.15) is 73.8 Å². The predicted molar refractivity (Wildman–Crippen MR) is 464 cm³/mol. The number of azide groups is 1. The van der Waals surface area contributed by atoms with Gasteiger partial charge in [-0.15, -0.1) is 4.52 Å². The van der Waals surface area contributed by atoms with E-state index in [9.17, 15) is 23.9 Å². The number of nitrogens with zero attached hydrogens (tertiary/aromatic N) is 3. The Morgan fingerprint density at radius 1 is 0.408 bits per heavy atom. The Kier molecular flexibility index (Phi) is 41.9. The minimum atomic E-state index is -4.74. The number of phosphoric acid groups is 1. The maximum Gasteiger partial charge on any atom is 0.504 e. The van der Waals surface area contributed by atoms with Crippen molar-refractivity contribution in [2.24, 2.45) is 5.11 Å². The molecule has 2 heterocycles. The van der Waals surface area contributed by atoms with E-state index in [1.54, 1.807) is 0 Å². The predicted octanol–water partition coefficient (Wildman–Crippen LogP) is 16.7. The molecule has 29 heteroatoms. The number of rotatable bonds is 55. The van der Waals surface area contributed by atoms with Crippen LogP contribution in [0.3, 0.4) is 0 Å². The zero-order chi connectivity index (χ0) is 87.2. The summed E-state index contributed by atoms with van der Waals surface area (Å²) in [6.07, 6.45) is -12.7. The molecule has 2 N–H and O–H groups in total. The molecule has 10 aromatic rings. The maximum absolute atomic E-state index is 13.2. The molecule has 12 rings (SSSR count). The molecule has 0 radical (unpaired) electrons. The molecule has 125 heavy (non-hydrogen) atoms. The van der Waals surface area contributed by atoms with Crippen molar-refractivity contribution in [1.82, 2.24) is 0 Å². The van der Waals surface area contributed by atoms with E-state index in [4.69, 9.17) is 94.9 Å². The zero-order valence-corrected chi connectivity index (χ0v) is 71.8. The van der Waals surface area contributed by atoms with Crippen molar-refractivity contribution < 1.29 is 113 Å². The molecule has 2 fully saturated rings. The van der Waals surface area contributed by atoms with E-state index in [0.717, 1.165) is 55.6 Å². The Bertz CT molecular complexity index is 4700. The Balaban J connectivity index is 0.000000244. The smallest absolute Gasteiger partial charge is 0.457 e. The fourth-order valence-electron chi connectivity index (χ4n) is 13.5. The summed E-state index contributed by atoms with van der Waals surface area (Å²) in [6, 6.07) is 96.5. The van der Waals surface area contributed by atoms with Gasteiger partial charge in [0.05, 0.1) is 106 Å². The van der Waals surface area contributed by atoms with Crippen molar-refractivity contribution in [2.75, 3.05) is 66.3 Å². The first-order chi connectivity index (χ1) is 61.3. The number of hydrogen-bond donors (Lipinski definition) is 2. The fraction of sp³-hybridized carbons (Fsp3) is 0.365. The van der Waals surface area contributed by atoms with Gasteiger partial charge in [0.15, 0.2) is 32.1 Å². The molecule has 2 aliphatic rings. The van der Waals surface area contributed by atoms with E-state index >= 15 is 0 Å². The Labute approximate surface area is 730 Å². The van der Waals surface area contributed by atoms with Gasteiger partial charge < -0.3 is 85.8 Å². The van der Waals surface area contributed by atoms with Crippen molar-refractivity contribution in [3.63, 3.8) is 0 Å². The molecule has 16 atom stereocenters. The summed E-state index contributed by atoms with van der Waals surface area (Å²) in [5, 5.41) is 15.0. The monoisotopic (exact) mass is 1750 g/mol. The lowest BCUT2D eigenvalue weighted by atomic mass is 10.1. The molecular weight excluding hydrogens is 1640 g/mol. The average Bonchev–Trinajstić information content (AvgIpc) is 1.68. The number of hydrogen-bond acceptors (Lipinski definition) is 24. The highest BCUT2D eigenvalue weighted by molar-refractivity contribution is 7.47. The number of carbonyl (C=O) groups excluding carboxylic acids is 1. The van der Waals surface area contributed by atoms with Crippen LogP contribution in [-0.4, -0.2) is 168 Å². The molecule has 2 saturated heterocycles. The first-order valence-electron chi connectivity index (χ1n) is 41.4. The van der Waals surface area contributed by atoms with Crippen LogP contribution < -0.4 is 0 Å².